The van der Waals surface area contributed by atoms with Crippen LogP contribution in [0.3, 0.4) is 0 Å². The third kappa shape index (κ3) is 10.7. The zero-order valence-corrected chi connectivity index (χ0v) is 12.7. The van der Waals surface area contributed by atoms with Crippen LogP contribution in [-0.2, 0) is 14.3 Å². The predicted octanol–water partition coefficient (Wildman–Crippen LogP) is 2.80. The van der Waals surface area contributed by atoms with Crippen LogP contribution in [-0.4, -0.2) is 43.4 Å². The Morgan fingerprint density at radius 2 is 1.79 bits per heavy atom. The Morgan fingerprint density at radius 1 is 1.05 bits per heavy atom. The van der Waals surface area contributed by atoms with Crippen molar-refractivity contribution >= 4 is 11.7 Å². The van der Waals surface area contributed by atoms with Gasteiger partial charge in [0.05, 0.1) is 0 Å². The molecule has 0 rings (SSSR count). The lowest BCUT2D eigenvalue weighted by atomic mass is 10.2. The van der Waals surface area contributed by atoms with Gasteiger partial charge in [0.1, 0.15) is 6.61 Å². The molecule has 0 aliphatic heterocycles. The number of nitrogens with zero attached hydrogens (tertiary/aromatic N) is 1. The Balaban J connectivity index is 3.44. The number of rotatable bonds is 12. The Kier molecular flexibility index (Phi) is 11.6. The van der Waals surface area contributed by atoms with Crippen molar-refractivity contribution in [2.24, 2.45) is 0 Å². The van der Waals surface area contributed by atoms with Gasteiger partial charge in [-0.2, -0.15) is 0 Å². The summed E-state index contributed by atoms with van der Waals surface area (Å²) in [5.41, 5.74) is 0. The second kappa shape index (κ2) is 12.2. The number of unbranched alkanes of at least 4 members (excludes halogenated alkanes) is 3. The summed E-state index contributed by atoms with van der Waals surface area (Å²) in [6.45, 7) is 5.57. The number of hydrogen-bond acceptors (Lipinski definition) is 3. The summed E-state index contributed by atoms with van der Waals surface area (Å²) in [4.78, 5) is 24.5. The van der Waals surface area contributed by atoms with Crippen LogP contribution in [0.5, 0.6) is 0 Å². The van der Waals surface area contributed by atoms with Gasteiger partial charge in [-0.3, -0.25) is 9.59 Å². The van der Waals surface area contributed by atoms with Crippen LogP contribution < -0.4 is 0 Å². The SMILES string of the molecule is CCCCCC(=O)N(C)CCCCOCC(=O)CC. The molecule has 0 atom stereocenters. The first-order valence-electron chi connectivity index (χ1n) is 7.45. The van der Waals surface area contributed by atoms with Crippen molar-refractivity contribution in [3.63, 3.8) is 0 Å². The molecule has 0 bridgehead atoms. The fourth-order valence-corrected chi connectivity index (χ4v) is 1.68. The molecule has 0 radical (unpaired) electrons. The van der Waals surface area contributed by atoms with Crippen LogP contribution >= 0.6 is 0 Å². The first-order valence-corrected chi connectivity index (χ1v) is 7.45. The van der Waals surface area contributed by atoms with E-state index in [9.17, 15) is 9.59 Å². The monoisotopic (exact) mass is 271 g/mol. The van der Waals surface area contributed by atoms with Crippen LogP contribution in [0.1, 0.15) is 58.8 Å². The molecule has 1 amide bonds. The van der Waals surface area contributed by atoms with Crippen molar-refractivity contribution in [1.82, 2.24) is 4.90 Å². The summed E-state index contributed by atoms with van der Waals surface area (Å²) in [5.74, 6) is 0.374. The maximum absolute atomic E-state index is 11.7. The summed E-state index contributed by atoms with van der Waals surface area (Å²) >= 11 is 0. The number of Topliss-reactive ketones (excluding diaryl/α,β-unsaturated/α-hetero) is 1. The van der Waals surface area contributed by atoms with Gasteiger partial charge in [0.25, 0.3) is 0 Å². The van der Waals surface area contributed by atoms with Crippen molar-refractivity contribution in [2.75, 3.05) is 26.8 Å². The van der Waals surface area contributed by atoms with Gasteiger partial charge in [-0.25, -0.2) is 0 Å². The highest BCUT2D eigenvalue weighted by Crippen LogP contribution is 2.03. The smallest absolute Gasteiger partial charge is 0.222 e. The average molecular weight is 271 g/mol. The molecule has 0 heterocycles. The molecule has 0 aromatic heterocycles. The van der Waals surface area contributed by atoms with Gasteiger partial charge in [-0.1, -0.05) is 26.7 Å². The molecule has 19 heavy (non-hydrogen) atoms. The lowest BCUT2D eigenvalue weighted by Gasteiger charge is -2.16. The fraction of sp³-hybridized carbons (Fsp3) is 0.867. The van der Waals surface area contributed by atoms with Crippen molar-refractivity contribution < 1.29 is 14.3 Å². The molecular formula is C15H29NO3. The minimum absolute atomic E-state index is 0.142. The van der Waals surface area contributed by atoms with Gasteiger partial charge >= 0.3 is 0 Å². The Labute approximate surface area is 117 Å². The second-order valence-corrected chi connectivity index (χ2v) is 4.92. The summed E-state index contributed by atoms with van der Waals surface area (Å²) in [5, 5.41) is 0. The van der Waals surface area contributed by atoms with Crippen LogP contribution in [0, 0.1) is 0 Å². The Bertz CT molecular complexity index is 254. The Hall–Kier alpha value is -0.900. The average Bonchev–Trinajstić information content (AvgIpc) is 2.42. The van der Waals surface area contributed by atoms with Crippen molar-refractivity contribution in [3.05, 3.63) is 0 Å². The van der Waals surface area contributed by atoms with E-state index in [1.807, 2.05) is 14.0 Å². The molecule has 0 aliphatic rings. The highest BCUT2D eigenvalue weighted by atomic mass is 16.5. The van der Waals surface area contributed by atoms with E-state index in [-0.39, 0.29) is 18.3 Å². The van der Waals surface area contributed by atoms with E-state index in [0.717, 1.165) is 38.6 Å². The van der Waals surface area contributed by atoms with E-state index >= 15 is 0 Å². The van der Waals surface area contributed by atoms with E-state index in [2.05, 4.69) is 6.92 Å². The molecule has 0 aromatic rings. The van der Waals surface area contributed by atoms with E-state index in [4.69, 9.17) is 4.74 Å². The summed E-state index contributed by atoms with van der Waals surface area (Å²) in [6.07, 6.45) is 6.27. The number of amides is 1. The maximum atomic E-state index is 11.7. The van der Waals surface area contributed by atoms with Crippen LogP contribution in [0.25, 0.3) is 0 Å². The standard InChI is InChI=1S/C15H29NO3/c1-4-6-7-10-15(18)16(3)11-8-9-12-19-13-14(17)5-2/h4-13H2,1-3H3. The predicted molar refractivity (Wildman–Crippen MR) is 77.1 cm³/mol. The molecule has 0 aromatic carbocycles. The van der Waals surface area contributed by atoms with E-state index < -0.39 is 0 Å². The fourth-order valence-electron chi connectivity index (χ4n) is 1.68. The Morgan fingerprint density at radius 3 is 2.42 bits per heavy atom. The van der Waals surface area contributed by atoms with E-state index in [0.29, 0.717) is 19.4 Å². The molecule has 0 spiro atoms. The molecule has 112 valence electrons. The van der Waals surface area contributed by atoms with Crippen molar-refractivity contribution in [2.45, 2.75) is 58.8 Å². The van der Waals surface area contributed by atoms with Crippen molar-refractivity contribution in [3.8, 4) is 0 Å². The minimum Gasteiger partial charge on any atom is -0.374 e. The first kappa shape index (κ1) is 18.1. The summed E-state index contributed by atoms with van der Waals surface area (Å²) < 4.78 is 5.26. The quantitative estimate of drug-likeness (QED) is 0.513. The molecule has 0 unspecified atom stereocenters. The molecule has 0 aliphatic carbocycles. The maximum Gasteiger partial charge on any atom is 0.222 e. The lowest BCUT2D eigenvalue weighted by molar-refractivity contribution is -0.130. The van der Waals surface area contributed by atoms with E-state index in [1.54, 1.807) is 4.90 Å². The molecule has 0 N–H and O–H groups in total. The van der Waals surface area contributed by atoms with Crippen LogP contribution in [0.2, 0.25) is 0 Å². The topological polar surface area (TPSA) is 46.6 Å². The molecule has 0 fully saturated rings. The normalized spacial score (nSPS) is 10.5. The van der Waals surface area contributed by atoms with Gasteiger partial charge in [0.15, 0.2) is 5.78 Å². The molecule has 0 saturated carbocycles. The number of carbonyl (C=O) groups excluding carboxylic acids is 2. The summed E-state index contributed by atoms with van der Waals surface area (Å²) in [7, 11) is 1.86. The number of ether oxygens (including phenoxy) is 1. The molecular weight excluding hydrogens is 242 g/mol. The molecule has 4 heteroatoms. The number of ketones is 1. The minimum atomic E-state index is 0.142. The first-order chi connectivity index (χ1) is 9.11. The lowest BCUT2D eigenvalue weighted by Crippen LogP contribution is -2.27. The van der Waals surface area contributed by atoms with E-state index in [1.165, 1.54) is 0 Å². The van der Waals surface area contributed by atoms with Gasteiger partial charge < -0.3 is 9.64 Å². The summed E-state index contributed by atoms with van der Waals surface area (Å²) in [6, 6.07) is 0. The zero-order chi connectivity index (χ0) is 14.5. The van der Waals surface area contributed by atoms with Gasteiger partial charge in [-0.15, -0.1) is 0 Å². The highest BCUT2D eigenvalue weighted by Gasteiger charge is 2.07. The van der Waals surface area contributed by atoms with Gasteiger partial charge in [0, 0.05) is 33.0 Å². The number of carbonyl (C=O) groups is 2. The van der Waals surface area contributed by atoms with Gasteiger partial charge in [0.2, 0.25) is 5.91 Å². The van der Waals surface area contributed by atoms with Crippen LogP contribution in [0.15, 0.2) is 0 Å². The third-order valence-electron chi connectivity index (χ3n) is 3.11. The second-order valence-electron chi connectivity index (χ2n) is 4.92. The van der Waals surface area contributed by atoms with Crippen molar-refractivity contribution in [1.29, 1.82) is 0 Å². The number of hydrogen-bond donors (Lipinski definition) is 0. The molecule has 4 nitrogen and oxygen atoms in total. The van der Waals surface area contributed by atoms with Gasteiger partial charge in [-0.05, 0) is 19.3 Å². The molecule has 0 saturated heterocycles. The van der Waals surface area contributed by atoms with Crippen LogP contribution in [0.4, 0.5) is 0 Å². The largest absolute Gasteiger partial charge is 0.374 e. The third-order valence-corrected chi connectivity index (χ3v) is 3.11. The highest BCUT2D eigenvalue weighted by molar-refractivity contribution is 5.79. The zero-order valence-electron chi connectivity index (χ0n) is 12.7.